The van der Waals surface area contributed by atoms with Gasteiger partial charge >= 0.3 is 0 Å². The summed E-state index contributed by atoms with van der Waals surface area (Å²) < 4.78 is 13.1. The molecule has 0 aliphatic rings. The molecule has 2 N–H and O–H groups in total. The van der Waals surface area contributed by atoms with Crippen molar-refractivity contribution in [3.8, 4) is 16.5 Å². The molecule has 4 nitrogen and oxygen atoms in total. The highest BCUT2D eigenvalue weighted by atomic mass is 32.1. The maximum atomic E-state index is 13.1. The average Bonchev–Trinajstić information content (AvgIpc) is 2.74. The van der Waals surface area contributed by atoms with Crippen molar-refractivity contribution in [2.75, 3.05) is 0 Å². The number of aromatic hydroxyl groups is 1. The molecule has 1 aromatic carbocycles. The van der Waals surface area contributed by atoms with Gasteiger partial charge < -0.3 is 10.3 Å². The van der Waals surface area contributed by atoms with Crippen molar-refractivity contribution in [1.29, 1.82) is 0 Å². The third-order valence-electron chi connectivity index (χ3n) is 2.40. The number of nitrogens with zero attached hydrogens (tertiary/aromatic N) is 2. The van der Waals surface area contributed by atoms with Crippen LogP contribution in [0.2, 0.25) is 0 Å². The normalized spacial score (nSPS) is 11.8. The Bertz CT molecular complexity index is 596. The minimum atomic E-state index is -0.365. The van der Waals surface area contributed by atoms with E-state index in [4.69, 9.17) is 5.21 Å². The lowest BCUT2D eigenvalue weighted by Crippen LogP contribution is -1.95. The molecule has 1 heterocycles. The molecule has 94 valence electrons. The zero-order valence-electron chi connectivity index (χ0n) is 9.59. The van der Waals surface area contributed by atoms with E-state index in [1.54, 1.807) is 19.1 Å². The standard InChI is InChI=1S/C12H11FN2O2S/c1-2-9(15-17)10-11(16)14-12(18-10)7-4-3-5-8(13)6-7/h3-6,16-17H,2H2,1H3. The van der Waals surface area contributed by atoms with Crippen molar-refractivity contribution in [2.45, 2.75) is 13.3 Å². The van der Waals surface area contributed by atoms with E-state index in [0.717, 1.165) is 11.3 Å². The molecule has 18 heavy (non-hydrogen) atoms. The molecule has 2 rings (SSSR count). The van der Waals surface area contributed by atoms with Gasteiger partial charge in [-0.1, -0.05) is 24.2 Å². The van der Waals surface area contributed by atoms with Gasteiger partial charge in [-0.05, 0) is 18.6 Å². The van der Waals surface area contributed by atoms with Gasteiger partial charge in [-0.3, -0.25) is 0 Å². The molecule has 1 aromatic heterocycles. The molecule has 0 radical (unpaired) electrons. The summed E-state index contributed by atoms with van der Waals surface area (Å²) in [7, 11) is 0. The van der Waals surface area contributed by atoms with E-state index in [-0.39, 0.29) is 11.7 Å². The number of oxime groups is 1. The van der Waals surface area contributed by atoms with Crippen molar-refractivity contribution in [3.63, 3.8) is 0 Å². The van der Waals surface area contributed by atoms with Crippen molar-refractivity contribution in [3.05, 3.63) is 35.0 Å². The lowest BCUT2D eigenvalue weighted by atomic mass is 10.2. The zero-order chi connectivity index (χ0) is 13.1. The van der Waals surface area contributed by atoms with Crippen molar-refractivity contribution in [1.82, 2.24) is 4.98 Å². The van der Waals surface area contributed by atoms with Gasteiger partial charge in [-0.25, -0.2) is 9.37 Å². The van der Waals surface area contributed by atoms with Gasteiger partial charge in [0.2, 0.25) is 5.88 Å². The molecule has 0 bridgehead atoms. The Hall–Kier alpha value is -1.95. The molecule has 0 amide bonds. The first kappa shape index (κ1) is 12.5. The third-order valence-corrected chi connectivity index (χ3v) is 3.54. The summed E-state index contributed by atoms with van der Waals surface area (Å²) >= 11 is 1.16. The van der Waals surface area contributed by atoms with Crippen LogP contribution in [0.1, 0.15) is 18.2 Å². The molecule has 0 fully saturated rings. The summed E-state index contributed by atoms with van der Waals surface area (Å²) in [6.07, 6.45) is 0.467. The summed E-state index contributed by atoms with van der Waals surface area (Å²) in [6.45, 7) is 1.80. The van der Waals surface area contributed by atoms with Crippen LogP contribution in [0, 0.1) is 5.82 Å². The Morgan fingerprint density at radius 2 is 2.28 bits per heavy atom. The van der Waals surface area contributed by atoms with Gasteiger partial charge in [-0.2, -0.15) is 0 Å². The van der Waals surface area contributed by atoms with Gasteiger partial charge in [-0.15, -0.1) is 11.3 Å². The van der Waals surface area contributed by atoms with E-state index in [0.29, 0.717) is 27.6 Å². The second kappa shape index (κ2) is 5.14. The maximum absolute atomic E-state index is 13.1. The number of hydrogen-bond acceptors (Lipinski definition) is 5. The van der Waals surface area contributed by atoms with Gasteiger partial charge in [0, 0.05) is 5.56 Å². The largest absolute Gasteiger partial charge is 0.492 e. The van der Waals surface area contributed by atoms with Crippen LogP contribution in [0.3, 0.4) is 0 Å². The van der Waals surface area contributed by atoms with Crippen LogP contribution in [0.4, 0.5) is 4.39 Å². The molecule has 0 atom stereocenters. The SMILES string of the molecule is CCC(=NO)c1sc(-c2cccc(F)c2)nc1O. The molecular weight excluding hydrogens is 255 g/mol. The van der Waals surface area contributed by atoms with Gasteiger partial charge in [0.1, 0.15) is 21.4 Å². The predicted octanol–water partition coefficient (Wildman–Crippen LogP) is 3.24. The van der Waals surface area contributed by atoms with Crippen LogP contribution in [-0.2, 0) is 0 Å². The van der Waals surface area contributed by atoms with E-state index in [1.807, 2.05) is 0 Å². The van der Waals surface area contributed by atoms with Crippen molar-refractivity contribution >= 4 is 17.0 Å². The second-order valence-electron chi connectivity index (χ2n) is 3.58. The average molecular weight is 266 g/mol. The lowest BCUT2D eigenvalue weighted by molar-refractivity contribution is 0.318. The van der Waals surface area contributed by atoms with E-state index in [2.05, 4.69) is 10.1 Å². The van der Waals surface area contributed by atoms with Gasteiger partial charge in [0.15, 0.2) is 0 Å². The number of benzene rings is 1. The smallest absolute Gasteiger partial charge is 0.232 e. The Labute approximate surface area is 107 Å². The molecule has 0 spiro atoms. The quantitative estimate of drug-likeness (QED) is 0.509. The van der Waals surface area contributed by atoms with E-state index in [1.165, 1.54) is 12.1 Å². The molecule has 0 aliphatic heterocycles. The van der Waals surface area contributed by atoms with Crippen molar-refractivity contribution < 1.29 is 14.7 Å². The molecule has 2 aromatic rings. The number of halogens is 1. The summed E-state index contributed by atoms with van der Waals surface area (Å²) in [5, 5.41) is 22.1. The monoisotopic (exact) mass is 266 g/mol. The molecule has 0 unspecified atom stereocenters. The zero-order valence-corrected chi connectivity index (χ0v) is 10.4. The van der Waals surface area contributed by atoms with Gasteiger partial charge in [0.05, 0.1) is 0 Å². The number of thiazole rings is 1. The maximum Gasteiger partial charge on any atom is 0.232 e. The molecule has 0 saturated heterocycles. The molecule has 6 heteroatoms. The van der Waals surface area contributed by atoms with Gasteiger partial charge in [0.25, 0.3) is 0 Å². The highest BCUT2D eigenvalue weighted by molar-refractivity contribution is 7.17. The number of rotatable bonds is 3. The van der Waals surface area contributed by atoms with Crippen LogP contribution in [0.15, 0.2) is 29.4 Å². The Kier molecular flexibility index (Phi) is 3.57. The molecular formula is C12H11FN2O2S. The predicted molar refractivity (Wildman–Crippen MR) is 67.8 cm³/mol. The van der Waals surface area contributed by atoms with E-state index in [9.17, 15) is 9.50 Å². The lowest BCUT2D eigenvalue weighted by Gasteiger charge is -1.96. The fourth-order valence-electron chi connectivity index (χ4n) is 1.52. The number of hydrogen-bond donors (Lipinski definition) is 2. The molecule has 0 aliphatic carbocycles. The van der Waals surface area contributed by atoms with Crippen LogP contribution in [0.25, 0.3) is 10.6 Å². The van der Waals surface area contributed by atoms with Crippen LogP contribution < -0.4 is 0 Å². The van der Waals surface area contributed by atoms with Crippen LogP contribution in [0.5, 0.6) is 5.88 Å². The minimum absolute atomic E-state index is 0.200. The first-order valence-electron chi connectivity index (χ1n) is 5.32. The highest BCUT2D eigenvalue weighted by Crippen LogP contribution is 2.33. The Morgan fingerprint density at radius 3 is 2.89 bits per heavy atom. The summed E-state index contributed by atoms with van der Waals surface area (Å²) in [4.78, 5) is 4.36. The van der Waals surface area contributed by atoms with Crippen LogP contribution >= 0.6 is 11.3 Å². The second-order valence-corrected chi connectivity index (χ2v) is 4.58. The first-order chi connectivity index (χ1) is 8.65. The van der Waals surface area contributed by atoms with E-state index >= 15 is 0 Å². The van der Waals surface area contributed by atoms with E-state index < -0.39 is 0 Å². The Balaban J connectivity index is 2.46. The fraction of sp³-hybridized carbons (Fsp3) is 0.167. The Morgan fingerprint density at radius 1 is 1.50 bits per heavy atom. The van der Waals surface area contributed by atoms with Crippen LogP contribution in [-0.4, -0.2) is 21.0 Å². The first-order valence-corrected chi connectivity index (χ1v) is 6.14. The fourth-order valence-corrected chi connectivity index (χ4v) is 2.53. The third kappa shape index (κ3) is 2.33. The molecule has 0 saturated carbocycles. The highest BCUT2D eigenvalue weighted by Gasteiger charge is 2.16. The number of aromatic nitrogens is 1. The summed E-state index contributed by atoms with van der Waals surface area (Å²) in [6, 6.07) is 5.95. The summed E-state index contributed by atoms with van der Waals surface area (Å²) in [5.74, 6) is -0.566. The van der Waals surface area contributed by atoms with Crippen molar-refractivity contribution in [2.24, 2.45) is 5.16 Å². The topological polar surface area (TPSA) is 65.7 Å². The minimum Gasteiger partial charge on any atom is -0.492 e. The summed E-state index contributed by atoms with van der Waals surface area (Å²) in [5.41, 5.74) is 0.933.